The smallest absolute Gasteiger partial charge is 0.162 e. The molecular formula is C22H27FN2O. The molecule has 0 atom stereocenters. The molecule has 2 aromatic rings. The lowest BCUT2D eigenvalue weighted by molar-refractivity contribution is 0.303. The Bertz CT molecular complexity index is 707. The van der Waals surface area contributed by atoms with E-state index in [0.717, 1.165) is 12.8 Å². The lowest BCUT2D eigenvalue weighted by Crippen LogP contribution is -1.99. The van der Waals surface area contributed by atoms with Gasteiger partial charge >= 0.3 is 0 Å². The minimum absolute atomic E-state index is 0.316. The first kappa shape index (κ1) is 19.9. The molecule has 1 aromatic carbocycles. The second kappa shape index (κ2) is 11.3. The fourth-order valence-corrected chi connectivity index (χ4v) is 2.73. The molecule has 0 aliphatic carbocycles. The summed E-state index contributed by atoms with van der Waals surface area (Å²) in [6.45, 7) is 2.84. The van der Waals surface area contributed by atoms with Crippen LogP contribution in [0, 0.1) is 18.2 Å². The molecule has 0 saturated heterocycles. The highest BCUT2D eigenvalue weighted by Crippen LogP contribution is 2.23. The maximum atomic E-state index is 14.3. The molecule has 0 spiro atoms. The van der Waals surface area contributed by atoms with Crippen molar-refractivity contribution < 1.29 is 9.13 Å². The van der Waals surface area contributed by atoms with Crippen molar-refractivity contribution in [3.63, 3.8) is 0 Å². The van der Waals surface area contributed by atoms with E-state index in [1.165, 1.54) is 57.0 Å². The first-order chi connectivity index (χ1) is 12.7. The maximum absolute atomic E-state index is 14.3. The lowest BCUT2D eigenvalue weighted by Gasteiger charge is -2.08. The number of hydrogen-bond donors (Lipinski definition) is 0. The van der Waals surface area contributed by atoms with Gasteiger partial charge in [0.25, 0.3) is 0 Å². The molecule has 0 saturated carbocycles. The van der Waals surface area contributed by atoms with Crippen LogP contribution < -0.4 is 4.74 Å². The van der Waals surface area contributed by atoms with Gasteiger partial charge in [-0.05, 0) is 18.6 Å². The van der Waals surface area contributed by atoms with Crippen molar-refractivity contribution >= 4 is 0 Å². The number of unbranched alkanes of at least 4 members (excludes halogenated alkanes) is 7. The van der Waals surface area contributed by atoms with E-state index < -0.39 is 5.82 Å². The number of halogens is 1. The number of aromatic nitrogens is 2. The van der Waals surface area contributed by atoms with Crippen LogP contribution in [0.4, 0.5) is 4.39 Å². The topological polar surface area (TPSA) is 35.0 Å². The van der Waals surface area contributed by atoms with E-state index in [-0.39, 0.29) is 0 Å². The van der Waals surface area contributed by atoms with E-state index in [2.05, 4.69) is 22.8 Å². The summed E-state index contributed by atoms with van der Waals surface area (Å²) >= 11 is 0. The summed E-state index contributed by atoms with van der Waals surface area (Å²) in [5.74, 6) is 2.90. The molecule has 0 aliphatic rings. The van der Waals surface area contributed by atoms with Gasteiger partial charge in [-0.1, -0.05) is 57.8 Å². The summed E-state index contributed by atoms with van der Waals surface area (Å²) < 4.78 is 19.9. The van der Waals surface area contributed by atoms with E-state index in [4.69, 9.17) is 11.2 Å². The van der Waals surface area contributed by atoms with E-state index in [0.29, 0.717) is 29.3 Å². The summed E-state index contributed by atoms with van der Waals surface area (Å²) in [4.78, 5) is 8.20. The number of terminal acetylenes is 1. The second-order valence-corrected chi connectivity index (χ2v) is 6.40. The number of ether oxygens (including phenoxy) is 1. The van der Waals surface area contributed by atoms with Gasteiger partial charge in [0.05, 0.1) is 17.7 Å². The third kappa shape index (κ3) is 6.48. The fourth-order valence-electron chi connectivity index (χ4n) is 2.73. The molecule has 4 heteroatoms. The zero-order valence-corrected chi connectivity index (χ0v) is 15.5. The van der Waals surface area contributed by atoms with Gasteiger partial charge in [-0.25, -0.2) is 14.4 Å². The zero-order valence-electron chi connectivity index (χ0n) is 15.5. The maximum Gasteiger partial charge on any atom is 0.162 e. The Morgan fingerprint density at radius 3 is 2.27 bits per heavy atom. The van der Waals surface area contributed by atoms with Crippen LogP contribution in [0.2, 0.25) is 0 Å². The normalized spacial score (nSPS) is 10.5. The lowest BCUT2D eigenvalue weighted by atomic mass is 10.1. The van der Waals surface area contributed by atoms with Crippen LogP contribution in [-0.4, -0.2) is 16.6 Å². The van der Waals surface area contributed by atoms with Crippen LogP contribution in [0.3, 0.4) is 0 Å². The average Bonchev–Trinajstić information content (AvgIpc) is 2.67. The first-order valence-corrected chi connectivity index (χ1v) is 9.46. The van der Waals surface area contributed by atoms with E-state index >= 15 is 0 Å². The second-order valence-electron chi connectivity index (χ2n) is 6.40. The molecule has 3 nitrogen and oxygen atoms in total. The molecule has 2 rings (SSSR count). The quantitative estimate of drug-likeness (QED) is 0.379. The van der Waals surface area contributed by atoms with Crippen molar-refractivity contribution in [2.24, 2.45) is 0 Å². The van der Waals surface area contributed by atoms with Gasteiger partial charge in [0.2, 0.25) is 0 Å². The van der Waals surface area contributed by atoms with Gasteiger partial charge in [-0.2, -0.15) is 0 Å². The number of hydrogen-bond acceptors (Lipinski definition) is 3. The standard InChI is InChI=1S/C22H27FN2O/c1-3-5-6-7-8-9-10-11-14-26-19-12-13-20(21(23)15-19)22-24-16-18(4-2)17-25-22/h2,12-13,15-17H,3,5-11,14H2,1H3. The number of benzene rings is 1. The molecule has 0 unspecified atom stereocenters. The minimum atomic E-state index is -0.396. The Morgan fingerprint density at radius 1 is 1.00 bits per heavy atom. The Kier molecular flexibility index (Phi) is 8.62. The summed E-state index contributed by atoms with van der Waals surface area (Å²) in [6.07, 6.45) is 18.3. The molecule has 0 radical (unpaired) electrons. The van der Waals surface area contributed by atoms with Crippen molar-refractivity contribution in [2.75, 3.05) is 6.61 Å². The fraction of sp³-hybridized carbons (Fsp3) is 0.455. The molecule has 0 fully saturated rings. The highest BCUT2D eigenvalue weighted by atomic mass is 19.1. The highest BCUT2D eigenvalue weighted by Gasteiger charge is 2.09. The predicted molar refractivity (Wildman–Crippen MR) is 103 cm³/mol. The van der Waals surface area contributed by atoms with Crippen molar-refractivity contribution in [1.82, 2.24) is 9.97 Å². The Balaban J connectivity index is 1.74. The van der Waals surface area contributed by atoms with Crippen LogP contribution in [0.5, 0.6) is 5.75 Å². The summed E-state index contributed by atoms with van der Waals surface area (Å²) in [6, 6.07) is 4.78. The number of nitrogens with zero attached hydrogens (tertiary/aromatic N) is 2. The zero-order chi connectivity index (χ0) is 18.6. The molecule has 1 aromatic heterocycles. The SMILES string of the molecule is C#Cc1cnc(-c2ccc(OCCCCCCCCCC)cc2F)nc1. The third-order valence-electron chi connectivity index (χ3n) is 4.27. The largest absolute Gasteiger partial charge is 0.493 e. The van der Waals surface area contributed by atoms with Crippen LogP contribution in [0.1, 0.15) is 63.9 Å². The van der Waals surface area contributed by atoms with Crippen molar-refractivity contribution in [3.8, 4) is 29.5 Å². The number of rotatable bonds is 11. The molecule has 1 heterocycles. The molecule has 138 valence electrons. The van der Waals surface area contributed by atoms with Crippen molar-refractivity contribution in [2.45, 2.75) is 58.3 Å². The van der Waals surface area contributed by atoms with Gasteiger partial charge in [0.1, 0.15) is 11.6 Å². The first-order valence-electron chi connectivity index (χ1n) is 9.46. The van der Waals surface area contributed by atoms with E-state index in [1.807, 2.05) is 0 Å². The van der Waals surface area contributed by atoms with Gasteiger partial charge in [-0.3, -0.25) is 0 Å². The van der Waals surface area contributed by atoms with Gasteiger partial charge < -0.3 is 4.74 Å². The van der Waals surface area contributed by atoms with Gasteiger partial charge in [0, 0.05) is 18.5 Å². The van der Waals surface area contributed by atoms with Crippen LogP contribution >= 0.6 is 0 Å². The van der Waals surface area contributed by atoms with E-state index in [9.17, 15) is 4.39 Å². The van der Waals surface area contributed by atoms with Crippen molar-refractivity contribution in [3.05, 3.63) is 42.0 Å². The molecule has 26 heavy (non-hydrogen) atoms. The summed E-state index contributed by atoms with van der Waals surface area (Å²) in [5.41, 5.74) is 0.910. The van der Waals surface area contributed by atoms with Crippen LogP contribution in [-0.2, 0) is 0 Å². The van der Waals surface area contributed by atoms with Crippen LogP contribution in [0.15, 0.2) is 30.6 Å². The molecule has 0 amide bonds. The summed E-state index contributed by atoms with van der Waals surface area (Å²) in [5, 5.41) is 0. The van der Waals surface area contributed by atoms with Gasteiger partial charge in [-0.15, -0.1) is 6.42 Å². The van der Waals surface area contributed by atoms with Crippen molar-refractivity contribution in [1.29, 1.82) is 0 Å². The molecule has 0 bridgehead atoms. The highest BCUT2D eigenvalue weighted by molar-refractivity contribution is 5.57. The van der Waals surface area contributed by atoms with Gasteiger partial charge in [0.15, 0.2) is 5.82 Å². The average molecular weight is 354 g/mol. The molecular weight excluding hydrogens is 327 g/mol. The Hall–Kier alpha value is -2.41. The Morgan fingerprint density at radius 2 is 1.65 bits per heavy atom. The van der Waals surface area contributed by atoms with Crippen LogP contribution in [0.25, 0.3) is 11.4 Å². The monoisotopic (exact) mass is 354 g/mol. The minimum Gasteiger partial charge on any atom is -0.493 e. The molecule has 0 aliphatic heterocycles. The molecule has 0 N–H and O–H groups in total. The Labute approximate surface area is 156 Å². The summed E-state index contributed by atoms with van der Waals surface area (Å²) in [7, 11) is 0. The predicted octanol–water partition coefficient (Wildman–Crippen LogP) is 5.78. The van der Waals surface area contributed by atoms with E-state index in [1.54, 1.807) is 12.1 Å². The third-order valence-corrected chi connectivity index (χ3v) is 4.27.